The second kappa shape index (κ2) is 8.22. The number of anilines is 2. The highest BCUT2D eigenvalue weighted by Gasteiger charge is 2.41. The molecule has 1 saturated heterocycles. The molecule has 0 saturated carbocycles. The summed E-state index contributed by atoms with van der Waals surface area (Å²) in [6, 6.07) is 14.0. The summed E-state index contributed by atoms with van der Waals surface area (Å²) < 4.78 is 0.421. The van der Waals surface area contributed by atoms with Gasteiger partial charge in [-0.3, -0.25) is 24.2 Å². The number of para-hydroxylation sites is 2. The lowest BCUT2D eigenvalue weighted by Crippen LogP contribution is -2.35. The number of thiocarbonyl (C=S) groups is 1. The van der Waals surface area contributed by atoms with E-state index in [0.29, 0.717) is 37.7 Å². The number of hydrogen-bond donors (Lipinski definition) is 1. The van der Waals surface area contributed by atoms with Gasteiger partial charge in [0.1, 0.15) is 10.9 Å². The molecule has 152 valence electrons. The van der Waals surface area contributed by atoms with E-state index in [4.69, 9.17) is 23.8 Å². The van der Waals surface area contributed by atoms with E-state index in [1.165, 1.54) is 9.80 Å². The Morgan fingerprint density at radius 2 is 1.77 bits per heavy atom. The molecule has 0 bridgehead atoms. The number of nitrogens with one attached hydrogen (secondary N) is 1. The third kappa shape index (κ3) is 3.51. The van der Waals surface area contributed by atoms with Crippen molar-refractivity contribution in [2.45, 2.75) is 6.92 Å². The van der Waals surface area contributed by atoms with Gasteiger partial charge in [-0.2, -0.15) is 0 Å². The fourth-order valence-corrected chi connectivity index (χ4v) is 5.01. The number of halogens is 1. The summed E-state index contributed by atoms with van der Waals surface area (Å²) >= 11 is 12.5. The molecule has 0 radical (unpaired) electrons. The van der Waals surface area contributed by atoms with Crippen LogP contribution in [0.1, 0.15) is 12.5 Å². The van der Waals surface area contributed by atoms with Crippen molar-refractivity contribution in [3.8, 4) is 0 Å². The molecule has 30 heavy (non-hydrogen) atoms. The van der Waals surface area contributed by atoms with Gasteiger partial charge in [-0.05, 0) is 25.1 Å². The number of benzene rings is 2. The largest absolute Gasteiger partial charge is 0.323 e. The number of likely N-dealkylation sites (N-methyl/N-ethyl adjacent to an activating group) is 1. The molecule has 0 unspecified atom stereocenters. The molecule has 9 heteroatoms. The molecular weight excluding hydrogens is 442 g/mol. The molecule has 0 spiro atoms. The van der Waals surface area contributed by atoms with Crippen molar-refractivity contribution >= 4 is 74.6 Å². The van der Waals surface area contributed by atoms with Crippen molar-refractivity contribution in [1.82, 2.24) is 4.90 Å². The van der Waals surface area contributed by atoms with E-state index in [1.807, 2.05) is 6.92 Å². The molecule has 2 aliphatic rings. The van der Waals surface area contributed by atoms with Crippen molar-refractivity contribution in [1.29, 1.82) is 0 Å². The summed E-state index contributed by atoms with van der Waals surface area (Å²) in [4.78, 5) is 41.8. The predicted molar refractivity (Wildman–Crippen MR) is 123 cm³/mol. The highest BCUT2D eigenvalue weighted by molar-refractivity contribution is 8.26. The summed E-state index contributed by atoms with van der Waals surface area (Å²) in [7, 11) is 0. The molecule has 2 aromatic carbocycles. The van der Waals surface area contributed by atoms with E-state index in [0.717, 1.165) is 11.8 Å². The normalized spacial score (nSPS) is 18.3. The monoisotopic (exact) mass is 457 g/mol. The average molecular weight is 458 g/mol. The standard InChI is InChI=1S/C21H16ClN3O3S2/c1-2-24-20(28)18(30-21(24)29)17-12-7-3-6-10-15(12)25(19(17)27)11-16(26)23-14-9-5-4-8-13(14)22/h3-10H,2,11H2,1H3,(H,23,26)/b18-17-. The first kappa shape index (κ1) is 20.6. The smallest absolute Gasteiger partial charge is 0.266 e. The number of carbonyl (C=O) groups is 3. The summed E-state index contributed by atoms with van der Waals surface area (Å²) in [5, 5.41) is 3.13. The van der Waals surface area contributed by atoms with Crippen LogP contribution in [0.4, 0.5) is 11.4 Å². The van der Waals surface area contributed by atoms with Gasteiger partial charge in [0.2, 0.25) is 5.91 Å². The predicted octanol–water partition coefficient (Wildman–Crippen LogP) is 3.92. The van der Waals surface area contributed by atoms with Gasteiger partial charge < -0.3 is 5.32 Å². The molecule has 4 rings (SSSR count). The lowest BCUT2D eigenvalue weighted by atomic mass is 10.1. The van der Waals surface area contributed by atoms with Crippen LogP contribution in [0.25, 0.3) is 5.57 Å². The summed E-state index contributed by atoms with van der Waals surface area (Å²) in [5.41, 5.74) is 1.94. The Balaban J connectivity index is 1.67. The van der Waals surface area contributed by atoms with Crippen molar-refractivity contribution in [3.63, 3.8) is 0 Å². The van der Waals surface area contributed by atoms with E-state index in [1.54, 1.807) is 48.5 Å². The Labute approximate surface area is 187 Å². The van der Waals surface area contributed by atoms with Crippen molar-refractivity contribution in [3.05, 3.63) is 64.0 Å². The first-order valence-electron chi connectivity index (χ1n) is 9.16. The maximum absolute atomic E-state index is 13.3. The van der Waals surface area contributed by atoms with Crippen LogP contribution in [0.3, 0.4) is 0 Å². The van der Waals surface area contributed by atoms with Crippen LogP contribution in [-0.2, 0) is 14.4 Å². The Morgan fingerprint density at radius 1 is 1.07 bits per heavy atom. The first-order valence-corrected chi connectivity index (χ1v) is 10.8. The summed E-state index contributed by atoms with van der Waals surface area (Å²) in [6.45, 7) is 2.05. The minimum absolute atomic E-state index is 0.210. The van der Waals surface area contributed by atoms with E-state index < -0.39 is 11.8 Å². The number of thioether (sulfide) groups is 1. The zero-order chi connectivity index (χ0) is 21.4. The van der Waals surface area contributed by atoms with Crippen LogP contribution in [-0.4, -0.2) is 40.0 Å². The molecule has 2 heterocycles. The average Bonchev–Trinajstić information content (AvgIpc) is 3.16. The lowest BCUT2D eigenvalue weighted by Gasteiger charge is -2.17. The second-order valence-electron chi connectivity index (χ2n) is 6.56. The number of hydrogen-bond acceptors (Lipinski definition) is 5. The first-order chi connectivity index (χ1) is 14.4. The topological polar surface area (TPSA) is 69.7 Å². The van der Waals surface area contributed by atoms with E-state index in [9.17, 15) is 14.4 Å². The van der Waals surface area contributed by atoms with Gasteiger partial charge in [-0.15, -0.1) is 0 Å². The Hall–Kier alpha value is -2.68. The highest BCUT2D eigenvalue weighted by Crippen LogP contribution is 2.44. The van der Waals surface area contributed by atoms with Gasteiger partial charge in [0, 0.05) is 12.1 Å². The number of nitrogens with zero attached hydrogens (tertiary/aromatic N) is 2. The molecule has 0 aliphatic carbocycles. The molecule has 2 aliphatic heterocycles. The van der Waals surface area contributed by atoms with Gasteiger partial charge in [0.05, 0.1) is 26.9 Å². The maximum atomic E-state index is 13.3. The Kier molecular flexibility index (Phi) is 5.64. The zero-order valence-corrected chi connectivity index (χ0v) is 18.2. The molecule has 3 amide bonds. The molecule has 1 N–H and O–H groups in total. The molecular formula is C21H16ClN3O3S2. The number of rotatable bonds is 4. The van der Waals surface area contributed by atoms with Crippen LogP contribution in [0.5, 0.6) is 0 Å². The fraction of sp³-hybridized carbons (Fsp3) is 0.143. The minimum Gasteiger partial charge on any atom is -0.323 e. The molecule has 0 aromatic heterocycles. The molecule has 1 fully saturated rings. The van der Waals surface area contributed by atoms with Crippen molar-refractivity contribution in [2.75, 3.05) is 23.3 Å². The molecule has 6 nitrogen and oxygen atoms in total. The Morgan fingerprint density at radius 3 is 2.47 bits per heavy atom. The van der Waals surface area contributed by atoms with Gasteiger partial charge in [0.15, 0.2) is 0 Å². The van der Waals surface area contributed by atoms with Crippen LogP contribution >= 0.6 is 35.6 Å². The second-order valence-corrected chi connectivity index (χ2v) is 8.61. The SMILES string of the molecule is CCN1C(=O)/C(=C2/C(=O)N(CC(=O)Nc3ccccc3Cl)c3ccccc32)SC1=S. The minimum atomic E-state index is -0.401. The quantitative estimate of drug-likeness (QED) is 0.556. The van der Waals surface area contributed by atoms with Gasteiger partial charge >= 0.3 is 0 Å². The molecule has 2 aromatic rings. The van der Waals surface area contributed by atoms with E-state index in [-0.39, 0.29) is 18.0 Å². The van der Waals surface area contributed by atoms with E-state index >= 15 is 0 Å². The number of amides is 3. The fourth-order valence-electron chi connectivity index (χ4n) is 3.37. The zero-order valence-electron chi connectivity index (χ0n) is 15.8. The van der Waals surface area contributed by atoms with Gasteiger partial charge in [0.25, 0.3) is 11.8 Å². The van der Waals surface area contributed by atoms with Crippen LogP contribution in [0.2, 0.25) is 5.02 Å². The van der Waals surface area contributed by atoms with Gasteiger partial charge in [-0.25, -0.2) is 0 Å². The van der Waals surface area contributed by atoms with Crippen molar-refractivity contribution < 1.29 is 14.4 Å². The highest BCUT2D eigenvalue weighted by atomic mass is 35.5. The number of fused-ring (bicyclic) bond motifs is 1. The van der Waals surface area contributed by atoms with Crippen molar-refractivity contribution in [2.24, 2.45) is 0 Å². The summed E-state index contributed by atoms with van der Waals surface area (Å²) in [6.07, 6.45) is 0. The third-order valence-electron chi connectivity index (χ3n) is 4.77. The summed E-state index contributed by atoms with van der Waals surface area (Å²) in [5.74, 6) is -1.08. The van der Waals surface area contributed by atoms with Gasteiger partial charge in [-0.1, -0.05) is 65.9 Å². The number of carbonyl (C=O) groups excluding carboxylic acids is 3. The maximum Gasteiger partial charge on any atom is 0.266 e. The van der Waals surface area contributed by atoms with E-state index in [2.05, 4.69) is 5.32 Å². The van der Waals surface area contributed by atoms with Crippen LogP contribution in [0, 0.1) is 0 Å². The Bertz CT molecular complexity index is 1130. The molecule has 0 atom stereocenters. The van der Waals surface area contributed by atoms with Crippen LogP contribution in [0.15, 0.2) is 53.4 Å². The lowest BCUT2D eigenvalue weighted by molar-refractivity contribution is -0.122. The van der Waals surface area contributed by atoms with Crippen LogP contribution < -0.4 is 10.2 Å². The third-order valence-corrected chi connectivity index (χ3v) is 6.54.